The molecular weight excluding hydrogens is 284 g/mol. The molecule has 0 aliphatic carbocycles. The highest BCUT2D eigenvalue weighted by molar-refractivity contribution is 5.96. The number of piperazine rings is 1. The third-order valence-electron chi connectivity index (χ3n) is 3.26. The van der Waals surface area contributed by atoms with Crippen molar-refractivity contribution < 1.29 is 19.4 Å². The van der Waals surface area contributed by atoms with Crippen molar-refractivity contribution in [2.24, 2.45) is 0 Å². The molecular formula is C16H20N2O4. The molecule has 0 aromatic heterocycles. The van der Waals surface area contributed by atoms with E-state index in [1.54, 1.807) is 24.3 Å². The molecule has 1 fully saturated rings. The van der Waals surface area contributed by atoms with Crippen molar-refractivity contribution in [3.05, 3.63) is 41.5 Å². The number of aliphatic hydroxyl groups is 1. The van der Waals surface area contributed by atoms with Gasteiger partial charge in [-0.3, -0.25) is 9.59 Å². The number of amides is 2. The van der Waals surface area contributed by atoms with Gasteiger partial charge in [0.25, 0.3) is 5.91 Å². The van der Waals surface area contributed by atoms with E-state index in [9.17, 15) is 14.7 Å². The highest BCUT2D eigenvalue weighted by Crippen LogP contribution is 2.17. The Morgan fingerprint density at radius 3 is 2.64 bits per heavy atom. The first-order chi connectivity index (χ1) is 10.4. The molecule has 0 radical (unpaired) electrons. The van der Waals surface area contributed by atoms with E-state index in [1.807, 2.05) is 19.9 Å². The van der Waals surface area contributed by atoms with E-state index in [0.29, 0.717) is 12.4 Å². The molecule has 2 rings (SSSR count). The van der Waals surface area contributed by atoms with Gasteiger partial charge in [-0.2, -0.15) is 0 Å². The number of carbonyl (C=O) groups excluding carboxylic acids is 2. The topological polar surface area (TPSA) is 87.7 Å². The van der Waals surface area contributed by atoms with Crippen molar-refractivity contribution in [2.75, 3.05) is 13.2 Å². The molecule has 6 heteroatoms. The Morgan fingerprint density at radius 1 is 1.32 bits per heavy atom. The summed E-state index contributed by atoms with van der Waals surface area (Å²) in [4.78, 5) is 23.1. The number of carbonyl (C=O) groups is 2. The first-order valence-electron chi connectivity index (χ1n) is 7.06. The predicted octanol–water partition coefficient (Wildman–Crippen LogP) is 0.509. The highest BCUT2D eigenvalue weighted by Gasteiger charge is 2.41. The lowest BCUT2D eigenvalue weighted by Crippen LogP contribution is -2.66. The van der Waals surface area contributed by atoms with Crippen molar-refractivity contribution in [3.8, 4) is 5.75 Å². The van der Waals surface area contributed by atoms with E-state index >= 15 is 0 Å². The van der Waals surface area contributed by atoms with Crippen LogP contribution in [0.3, 0.4) is 0 Å². The molecule has 1 saturated heterocycles. The van der Waals surface area contributed by atoms with E-state index in [4.69, 9.17) is 4.74 Å². The van der Waals surface area contributed by atoms with E-state index in [-0.39, 0.29) is 13.0 Å². The standard InChI is InChI=1S/C16H20N2O4/c1-11(2)7-8-22-13-5-3-12(4-6-13)9-16(21)15(20)17-10-14(19)18-16/h3-7,21H,8-10H2,1-2H3,(H,17,20)(H,18,19)/t16-/m1/s1. The van der Waals surface area contributed by atoms with E-state index in [0.717, 1.165) is 5.56 Å². The first-order valence-corrected chi connectivity index (χ1v) is 7.06. The summed E-state index contributed by atoms with van der Waals surface area (Å²) in [5.41, 5.74) is -0.00735. The maximum atomic E-state index is 11.7. The van der Waals surface area contributed by atoms with Crippen LogP contribution < -0.4 is 15.4 Å². The number of nitrogens with one attached hydrogen (secondary N) is 2. The summed E-state index contributed by atoms with van der Waals surface area (Å²) >= 11 is 0. The molecule has 22 heavy (non-hydrogen) atoms. The van der Waals surface area contributed by atoms with Crippen LogP contribution in [0.25, 0.3) is 0 Å². The van der Waals surface area contributed by atoms with Gasteiger partial charge < -0.3 is 20.5 Å². The van der Waals surface area contributed by atoms with E-state index in [2.05, 4.69) is 10.6 Å². The molecule has 1 atom stereocenters. The SMILES string of the molecule is CC(C)=CCOc1ccc(C[C@]2(O)NC(=O)CNC2=O)cc1. The summed E-state index contributed by atoms with van der Waals surface area (Å²) in [5.74, 6) is -0.315. The molecule has 118 valence electrons. The average Bonchev–Trinajstić information content (AvgIpc) is 2.45. The fourth-order valence-corrected chi connectivity index (χ4v) is 2.07. The number of rotatable bonds is 5. The monoisotopic (exact) mass is 304 g/mol. The van der Waals surface area contributed by atoms with Crippen LogP contribution >= 0.6 is 0 Å². The summed E-state index contributed by atoms with van der Waals surface area (Å²) in [6.45, 7) is 4.37. The number of hydrogen-bond acceptors (Lipinski definition) is 4. The van der Waals surface area contributed by atoms with Crippen LogP contribution in [0.5, 0.6) is 5.75 Å². The highest BCUT2D eigenvalue weighted by atomic mass is 16.5. The van der Waals surface area contributed by atoms with Gasteiger partial charge in [0.05, 0.1) is 6.54 Å². The molecule has 0 saturated carbocycles. The van der Waals surface area contributed by atoms with Gasteiger partial charge in [-0.25, -0.2) is 0 Å². The summed E-state index contributed by atoms with van der Waals surface area (Å²) in [6.07, 6.45) is 1.97. The zero-order valence-electron chi connectivity index (χ0n) is 12.7. The number of hydrogen-bond donors (Lipinski definition) is 3. The van der Waals surface area contributed by atoms with Crippen molar-refractivity contribution in [1.82, 2.24) is 10.6 Å². The average molecular weight is 304 g/mol. The van der Waals surface area contributed by atoms with Crippen molar-refractivity contribution in [1.29, 1.82) is 0 Å². The smallest absolute Gasteiger partial charge is 0.274 e. The Hall–Kier alpha value is -2.34. The van der Waals surface area contributed by atoms with Crippen LogP contribution in [-0.4, -0.2) is 35.8 Å². The molecule has 0 bridgehead atoms. The second kappa shape index (κ2) is 6.62. The van der Waals surface area contributed by atoms with Crippen LogP contribution in [0.4, 0.5) is 0 Å². The molecule has 1 heterocycles. The van der Waals surface area contributed by atoms with Crippen LogP contribution in [-0.2, 0) is 16.0 Å². The predicted molar refractivity (Wildman–Crippen MR) is 81.2 cm³/mol. The van der Waals surface area contributed by atoms with Crippen LogP contribution in [0.15, 0.2) is 35.9 Å². The summed E-state index contributed by atoms with van der Waals surface area (Å²) in [5, 5.41) is 14.9. The number of allylic oxidation sites excluding steroid dienone is 1. The van der Waals surface area contributed by atoms with E-state index < -0.39 is 17.5 Å². The first kappa shape index (κ1) is 16.0. The van der Waals surface area contributed by atoms with Gasteiger partial charge in [-0.15, -0.1) is 0 Å². The molecule has 0 unspecified atom stereocenters. The molecule has 1 aromatic rings. The van der Waals surface area contributed by atoms with Crippen LogP contribution in [0.2, 0.25) is 0 Å². The minimum absolute atomic E-state index is 0.00117. The van der Waals surface area contributed by atoms with E-state index in [1.165, 1.54) is 5.57 Å². The lowest BCUT2D eigenvalue weighted by molar-refractivity contribution is -0.154. The Morgan fingerprint density at radius 2 is 2.00 bits per heavy atom. The minimum atomic E-state index is -1.90. The van der Waals surface area contributed by atoms with Gasteiger partial charge in [-0.1, -0.05) is 17.7 Å². The van der Waals surface area contributed by atoms with Crippen molar-refractivity contribution in [3.63, 3.8) is 0 Å². The fourth-order valence-electron chi connectivity index (χ4n) is 2.07. The summed E-state index contributed by atoms with van der Waals surface area (Å²) < 4.78 is 5.54. The third-order valence-corrected chi connectivity index (χ3v) is 3.26. The van der Waals surface area contributed by atoms with Crippen LogP contribution in [0, 0.1) is 0 Å². The van der Waals surface area contributed by atoms with Gasteiger partial charge in [0.1, 0.15) is 12.4 Å². The largest absolute Gasteiger partial charge is 0.490 e. The fraction of sp³-hybridized carbons (Fsp3) is 0.375. The quantitative estimate of drug-likeness (QED) is 0.692. The second-order valence-electron chi connectivity index (χ2n) is 5.50. The second-order valence-corrected chi connectivity index (χ2v) is 5.50. The number of benzene rings is 1. The zero-order valence-corrected chi connectivity index (χ0v) is 12.7. The summed E-state index contributed by atoms with van der Waals surface area (Å²) in [6, 6.07) is 7.04. The molecule has 3 N–H and O–H groups in total. The van der Waals surface area contributed by atoms with Crippen LogP contribution in [0.1, 0.15) is 19.4 Å². The maximum Gasteiger partial charge on any atom is 0.274 e. The molecule has 1 aromatic carbocycles. The summed E-state index contributed by atoms with van der Waals surface area (Å²) in [7, 11) is 0. The normalized spacial score (nSPS) is 20.9. The molecule has 6 nitrogen and oxygen atoms in total. The number of ether oxygens (including phenoxy) is 1. The Kier molecular flexibility index (Phi) is 4.82. The lowest BCUT2D eigenvalue weighted by Gasteiger charge is -2.31. The van der Waals surface area contributed by atoms with Gasteiger partial charge in [0, 0.05) is 6.42 Å². The molecule has 1 aliphatic rings. The van der Waals surface area contributed by atoms with Crippen molar-refractivity contribution in [2.45, 2.75) is 26.0 Å². The maximum absolute atomic E-state index is 11.7. The van der Waals surface area contributed by atoms with Gasteiger partial charge in [-0.05, 0) is 37.6 Å². The molecule has 0 spiro atoms. The Balaban J connectivity index is 2.00. The lowest BCUT2D eigenvalue weighted by atomic mass is 10.00. The zero-order chi connectivity index (χ0) is 16.2. The van der Waals surface area contributed by atoms with Crippen molar-refractivity contribution >= 4 is 11.8 Å². The third kappa shape index (κ3) is 4.08. The van der Waals surface area contributed by atoms with Gasteiger partial charge in [0.2, 0.25) is 11.6 Å². The minimum Gasteiger partial charge on any atom is -0.490 e. The molecule has 2 amide bonds. The Labute approximate surface area is 129 Å². The van der Waals surface area contributed by atoms with Gasteiger partial charge in [0.15, 0.2) is 0 Å². The Bertz CT molecular complexity index is 591. The molecule has 1 aliphatic heterocycles. The van der Waals surface area contributed by atoms with Gasteiger partial charge >= 0.3 is 0 Å².